The van der Waals surface area contributed by atoms with Gasteiger partial charge in [0.15, 0.2) is 0 Å². The molecule has 1 saturated carbocycles. The topological polar surface area (TPSA) is 84.1 Å². The van der Waals surface area contributed by atoms with Gasteiger partial charge < -0.3 is 10.0 Å². The molecule has 138 valence electrons. The second kappa shape index (κ2) is 7.65. The Hall–Kier alpha value is -2.09. The van der Waals surface area contributed by atoms with Crippen LogP contribution in [0.15, 0.2) is 29.4 Å². The quantitative estimate of drug-likeness (QED) is 0.829. The van der Waals surface area contributed by atoms with Gasteiger partial charge in [-0.3, -0.25) is 4.79 Å². The summed E-state index contributed by atoms with van der Waals surface area (Å²) >= 11 is 1.36. The number of rotatable bonds is 4. The average Bonchev–Trinajstić information content (AvgIpc) is 3.15. The molecular formula is C18H23N5O2S. The summed E-state index contributed by atoms with van der Waals surface area (Å²) in [5.74, 6) is 2.21. The second-order valence-corrected chi connectivity index (χ2v) is 8.05. The summed E-state index contributed by atoms with van der Waals surface area (Å²) in [6.07, 6.45) is 6.40. The van der Waals surface area contributed by atoms with Gasteiger partial charge in [0, 0.05) is 13.1 Å². The van der Waals surface area contributed by atoms with Gasteiger partial charge in [-0.2, -0.15) is 4.68 Å². The van der Waals surface area contributed by atoms with Crippen molar-refractivity contribution >= 4 is 17.7 Å². The average molecular weight is 373 g/mol. The zero-order valence-corrected chi connectivity index (χ0v) is 15.4. The third kappa shape index (κ3) is 3.70. The largest absolute Gasteiger partial charge is 0.508 e. The lowest BCUT2D eigenvalue weighted by molar-refractivity contribution is -0.131. The lowest BCUT2D eigenvalue weighted by Crippen LogP contribution is -2.45. The number of phenols is 1. The molecule has 8 heteroatoms. The van der Waals surface area contributed by atoms with Crippen LogP contribution in [0.5, 0.6) is 5.75 Å². The number of likely N-dealkylation sites (tertiary alicyclic amines) is 1. The van der Waals surface area contributed by atoms with E-state index in [1.165, 1.54) is 37.4 Å². The van der Waals surface area contributed by atoms with Crippen LogP contribution in [0.3, 0.4) is 0 Å². The van der Waals surface area contributed by atoms with Crippen LogP contribution in [0.25, 0.3) is 5.69 Å². The maximum Gasteiger partial charge on any atom is 0.233 e. The molecule has 0 unspecified atom stereocenters. The maximum atomic E-state index is 12.7. The Balaban J connectivity index is 1.36. The van der Waals surface area contributed by atoms with E-state index in [-0.39, 0.29) is 11.7 Å². The van der Waals surface area contributed by atoms with Gasteiger partial charge in [0.05, 0.1) is 11.4 Å². The summed E-state index contributed by atoms with van der Waals surface area (Å²) in [6, 6.07) is 6.66. The molecule has 2 aromatic rings. The highest BCUT2D eigenvalue weighted by Crippen LogP contribution is 2.36. The number of thioether (sulfide) groups is 1. The Kier molecular flexibility index (Phi) is 5.10. The lowest BCUT2D eigenvalue weighted by atomic mass is 9.75. The van der Waals surface area contributed by atoms with Gasteiger partial charge in [-0.1, -0.05) is 31.0 Å². The minimum atomic E-state index is 0.166. The number of fused-ring (bicyclic) bond motifs is 1. The number of tetrazole rings is 1. The molecule has 0 bridgehead atoms. The Morgan fingerprint density at radius 1 is 1.15 bits per heavy atom. The van der Waals surface area contributed by atoms with Gasteiger partial charge >= 0.3 is 0 Å². The Morgan fingerprint density at radius 3 is 2.73 bits per heavy atom. The van der Waals surface area contributed by atoms with Crippen LogP contribution >= 0.6 is 11.8 Å². The number of carbonyl (C=O) groups excluding carboxylic acids is 1. The molecule has 7 nitrogen and oxygen atoms in total. The number of benzene rings is 1. The highest BCUT2D eigenvalue weighted by molar-refractivity contribution is 7.99. The number of hydrogen-bond donors (Lipinski definition) is 1. The van der Waals surface area contributed by atoms with Gasteiger partial charge in [0.25, 0.3) is 0 Å². The molecule has 1 aromatic carbocycles. The molecule has 0 radical (unpaired) electrons. The number of phenolic OH excluding ortho intramolecular Hbond substituents is 1. The molecule has 2 atom stereocenters. The fourth-order valence-electron chi connectivity index (χ4n) is 4.07. The summed E-state index contributed by atoms with van der Waals surface area (Å²) in [5.41, 5.74) is 0.755. The van der Waals surface area contributed by atoms with Crippen LogP contribution in [0.2, 0.25) is 0 Å². The molecule has 1 saturated heterocycles. The van der Waals surface area contributed by atoms with Crippen LogP contribution in [-0.2, 0) is 4.79 Å². The van der Waals surface area contributed by atoms with Crippen molar-refractivity contribution in [2.45, 2.75) is 37.3 Å². The van der Waals surface area contributed by atoms with E-state index in [4.69, 9.17) is 0 Å². The summed E-state index contributed by atoms with van der Waals surface area (Å²) < 4.78 is 1.59. The molecule has 1 amide bonds. The third-order valence-corrected chi connectivity index (χ3v) is 6.41. The summed E-state index contributed by atoms with van der Waals surface area (Å²) in [5, 5.41) is 21.7. The molecule has 0 spiro atoms. The summed E-state index contributed by atoms with van der Waals surface area (Å²) in [6.45, 7) is 1.79. The molecule has 2 aliphatic rings. The van der Waals surface area contributed by atoms with Gasteiger partial charge in [0.1, 0.15) is 5.75 Å². The Morgan fingerprint density at radius 2 is 1.92 bits per heavy atom. The van der Waals surface area contributed by atoms with Crippen LogP contribution < -0.4 is 0 Å². The molecule has 4 rings (SSSR count). The van der Waals surface area contributed by atoms with Crippen molar-refractivity contribution < 1.29 is 9.90 Å². The maximum absolute atomic E-state index is 12.7. The molecule has 1 aromatic heterocycles. The third-order valence-electron chi connectivity index (χ3n) is 5.50. The number of amides is 1. The zero-order valence-electron chi connectivity index (χ0n) is 14.6. The van der Waals surface area contributed by atoms with E-state index in [0.29, 0.717) is 16.8 Å². The van der Waals surface area contributed by atoms with E-state index < -0.39 is 0 Å². The molecule has 26 heavy (non-hydrogen) atoms. The van der Waals surface area contributed by atoms with Crippen molar-refractivity contribution in [2.24, 2.45) is 11.8 Å². The van der Waals surface area contributed by atoms with E-state index in [1.807, 2.05) is 4.90 Å². The van der Waals surface area contributed by atoms with E-state index in [2.05, 4.69) is 15.5 Å². The number of nitrogens with zero attached hydrogens (tertiary/aromatic N) is 5. The molecule has 2 heterocycles. The first-order valence-electron chi connectivity index (χ1n) is 9.19. The van der Waals surface area contributed by atoms with Gasteiger partial charge in [-0.25, -0.2) is 0 Å². The smallest absolute Gasteiger partial charge is 0.233 e. The van der Waals surface area contributed by atoms with E-state index in [1.54, 1.807) is 28.9 Å². The van der Waals surface area contributed by atoms with Crippen LogP contribution in [0, 0.1) is 11.8 Å². The van der Waals surface area contributed by atoms with Gasteiger partial charge in [-0.05, 0) is 59.4 Å². The van der Waals surface area contributed by atoms with Gasteiger partial charge in [-0.15, -0.1) is 5.10 Å². The number of aromatic hydroxyl groups is 1. The predicted octanol–water partition coefficient (Wildman–Crippen LogP) is 2.50. The highest BCUT2D eigenvalue weighted by Gasteiger charge is 2.32. The number of aromatic nitrogens is 4. The Labute approximate surface area is 156 Å². The van der Waals surface area contributed by atoms with Crippen molar-refractivity contribution in [3.8, 4) is 11.4 Å². The number of piperidine rings is 1. The van der Waals surface area contributed by atoms with Crippen molar-refractivity contribution in [3.63, 3.8) is 0 Å². The second-order valence-electron chi connectivity index (χ2n) is 7.11. The SMILES string of the molecule is O=C(CSc1nnnn1-c1ccc(O)cc1)N1CC[C@H]2CCCC[C@H]2C1. The molecular weight excluding hydrogens is 350 g/mol. The highest BCUT2D eigenvalue weighted by atomic mass is 32.2. The first-order valence-corrected chi connectivity index (χ1v) is 10.2. The first-order chi connectivity index (χ1) is 12.7. The Bertz CT molecular complexity index is 763. The molecule has 1 aliphatic carbocycles. The fourth-order valence-corrected chi connectivity index (χ4v) is 4.86. The summed E-state index contributed by atoms with van der Waals surface area (Å²) in [7, 11) is 0. The van der Waals surface area contributed by atoms with Crippen LogP contribution in [0.4, 0.5) is 0 Å². The van der Waals surface area contributed by atoms with E-state index in [9.17, 15) is 9.90 Å². The number of hydrogen-bond acceptors (Lipinski definition) is 6. The van der Waals surface area contributed by atoms with E-state index >= 15 is 0 Å². The van der Waals surface area contributed by atoms with Crippen LogP contribution in [0.1, 0.15) is 32.1 Å². The predicted molar refractivity (Wildman–Crippen MR) is 98.2 cm³/mol. The number of carbonyl (C=O) groups is 1. The standard InChI is InChI=1S/C18H23N5O2S/c24-16-7-5-15(6-8-16)23-18(19-20-21-23)26-12-17(25)22-10-9-13-3-1-2-4-14(13)11-22/h5-8,13-14,24H,1-4,9-12H2/t13-,14+/m1/s1. The summed E-state index contributed by atoms with van der Waals surface area (Å²) in [4.78, 5) is 14.7. The van der Waals surface area contributed by atoms with Crippen LogP contribution in [-0.4, -0.2) is 55.0 Å². The first kappa shape index (κ1) is 17.3. The minimum Gasteiger partial charge on any atom is -0.508 e. The minimum absolute atomic E-state index is 0.166. The van der Waals surface area contributed by atoms with E-state index in [0.717, 1.165) is 31.1 Å². The van der Waals surface area contributed by atoms with Crippen molar-refractivity contribution in [2.75, 3.05) is 18.8 Å². The lowest BCUT2D eigenvalue weighted by Gasteiger charge is -2.41. The van der Waals surface area contributed by atoms with Crippen molar-refractivity contribution in [1.29, 1.82) is 0 Å². The molecule has 1 N–H and O–H groups in total. The molecule has 2 fully saturated rings. The fraction of sp³-hybridized carbons (Fsp3) is 0.556. The monoisotopic (exact) mass is 373 g/mol. The zero-order chi connectivity index (χ0) is 17.9. The van der Waals surface area contributed by atoms with Crippen molar-refractivity contribution in [3.05, 3.63) is 24.3 Å². The van der Waals surface area contributed by atoms with Crippen molar-refractivity contribution in [1.82, 2.24) is 25.1 Å². The normalized spacial score (nSPS) is 22.8. The molecule has 1 aliphatic heterocycles. The van der Waals surface area contributed by atoms with Gasteiger partial charge in [0.2, 0.25) is 11.1 Å².